The molecule has 2 rings (SSSR count). The molecule has 0 aromatic rings. The van der Waals surface area contributed by atoms with Crippen LogP contribution in [-0.2, 0) is 14.9 Å². The van der Waals surface area contributed by atoms with Gasteiger partial charge in [-0.1, -0.05) is 0 Å². The second-order valence-electron chi connectivity index (χ2n) is 5.48. The van der Waals surface area contributed by atoms with E-state index in [1.165, 1.54) is 17.1 Å². The van der Waals surface area contributed by atoms with Crippen molar-refractivity contribution >= 4 is 10.2 Å². The van der Waals surface area contributed by atoms with Gasteiger partial charge in [-0.15, -0.1) is 0 Å². The zero-order valence-corrected chi connectivity index (χ0v) is 12.7. The SMILES string of the molecule is CN(C)S(=O)(=O)N1CCN(CC2CCCCO2)CC1. The van der Waals surface area contributed by atoms with Crippen molar-refractivity contribution in [3.05, 3.63) is 0 Å². The van der Waals surface area contributed by atoms with Crippen LogP contribution in [0.3, 0.4) is 0 Å². The lowest BCUT2D eigenvalue weighted by Gasteiger charge is -2.37. The fourth-order valence-electron chi connectivity index (χ4n) is 2.61. The van der Waals surface area contributed by atoms with Crippen LogP contribution in [0, 0.1) is 0 Å². The van der Waals surface area contributed by atoms with Crippen LogP contribution in [0.5, 0.6) is 0 Å². The Balaban J connectivity index is 1.79. The first-order valence-electron chi connectivity index (χ1n) is 7.01. The van der Waals surface area contributed by atoms with E-state index in [2.05, 4.69) is 4.90 Å². The first-order chi connectivity index (χ1) is 9.00. The van der Waals surface area contributed by atoms with Crippen molar-refractivity contribution in [3.63, 3.8) is 0 Å². The molecule has 112 valence electrons. The lowest BCUT2D eigenvalue weighted by molar-refractivity contribution is -0.0104. The molecule has 0 radical (unpaired) electrons. The third-order valence-electron chi connectivity index (χ3n) is 3.85. The Hall–Kier alpha value is -0.210. The molecule has 6 nitrogen and oxygen atoms in total. The van der Waals surface area contributed by atoms with E-state index in [9.17, 15) is 8.42 Å². The molecular weight excluding hydrogens is 266 g/mol. The standard InChI is InChI=1S/C12H25N3O3S/c1-13(2)19(16,17)15-8-6-14(7-9-15)11-12-5-3-4-10-18-12/h12H,3-11H2,1-2H3. The molecule has 0 aliphatic carbocycles. The Morgan fingerprint density at radius 3 is 2.37 bits per heavy atom. The number of piperazine rings is 1. The minimum absolute atomic E-state index is 0.339. The normalized spacial score (nSPS) is 27.8. The van der Waals surface area contributed by atoms with E-state index < -0.39 is 10.2 Å². The molecule has 2 aliphatic rings. The number of hydrogen-bond donors (Lipinski definition) is 0. The van der Waals surface area contributed by atoms with Crippen molar-refractivity contribution in [3.8, 4) is 0 Å². The van der Waals surface area contributed by atoms with Crippen LogP contribution < -0.4 is 0 Å². The van der Waals surface area contributed by atoms with Crippen molar-refractivity contribution in [2.24, 2.45) is 0 Å². The van der Waals surface area contributed by atoms with Crippen LogP contribution in [0.4, 0.5) is 0 Å². The quantitative estimate of drug-likeness (QED) is 0.730. The Morgan fingerprint density at radius 1 is 1.16 bits per heavy atom. The second kappa shape index (κ2) is 6.49. The van der Waals surface area contributed by atoms with Gasteiger partial charge >= 0.3 is 0 Å². The van der Waals surface area contributed by atoms with Gasteiger partial charge in [-0.05, 0) is 19.3 Å². The summed E-state index contributed by atoms with van der Waals surface area (Å²) in [6, 6.07) is 0. The average Bonchev–Trinajstić information content (AvgIpc) is 2.40. The molecule has 0 spiro atoms. The molecule has 2 heterocycles. The van der Waals surface area contributed by atoms with E-state index in [0.717, 1.165) is 32.7 Å². The van der Waals surface area contributed by atoms with Crippen molar-refractivity contribution in [1.82, 2.24) is 13.5 Å². The van der Waals surface area contributed by atoms with E-state index in [0.29, 0.717) is 19.2 Å². The van der Waals surface area contributed by atoms with Crippen molar-refractivity contribution < 1.29 is 13.2 Å². The molecule has 0 aromatic carbocycles. The van der Waals surface area contributed by atoms with Crippen molar-refractivity contribution in [2.75, 3.05) is 53.4 Å². The maximum Gasteiger partial charge on any atom is 0.281 e. The zero-order chi connectivity index (χ0) is 13.9. The lowest BCUT2D eigenvalue weighted by atomic mass is 10.1. The van der Waals surface area contributed by atoms with Crippen LogP contribution in [0.15, 0.2) is 0 Å². The van der Waals surface area contributed by atoms with Crippen molar-refractivity contribution in [1.29, 1.82) is 0 Å². The van der Waals surface area contributed by atoms with E-state index in [4.69, 9.17) is 4.74 Å². The van der Waals surface area contributed by atoms with E-state index in [-0.39, 0.29) is 0 Å². The van der Waals surface area contributed by atoms with Gasteiger partial charge in [0.2, 0.25) is 0 Å². The van der Waals surface area contributed by atoms with Gasteiger partial charge < -0.3 is 4.74 Å². The Kier molecular flexibility index (Phi) is 5.19. The largest absolute Gasteiger partial charge is 0.377 e. The number of nitrogens with zero attached hydrogens (tertiary/aromatic N) is 3. The summed E-state index contributed by atoms with van der Waals surface area (Å²) < 4.78 is 32.6. The lowest BCUT2D eigenvalue weighted by Crippen LogP contribution is -2.53. The molecular formula is C12H25N3O3S. The molecule has 0 N–H and O–H groups in total. The molecule has 0 amide bonds. The summed E-state index contributed by atoms with van der Waals surface area (Å²) in [6.45, 7) is 4.57. The maximum absolute atomic E-state index is 12.0. The van der Waals surface area contributed by atoms with Gasteiger partial charge in [0.15, 0.2) is 0 Å². The van der Waals surface area contributed by atoms with Gasteiger partial charge in [-0.3, -0.25) is 4.90 Å². The van der Waals surface area contributed by atoms with Gasteiger partial charge in [-0.2, -0.15) is 17.0 Å². The van der Waals surface area contributed by atoms with Crippen molar-refractivity contribution in [2.45, 2.75) is 25.4 Å². The highest BCUT2D eigenvalue weighted by Crippen LogP contribution is 2.16. The fraction of sp³-hybridized carbons (Fsp3) is 1.00. The van der Waals surface area contributed by atoms with Gasteiger partial charge in [-0.25, -0.2) is 0 Å². The summed E-state index contributed by atoms with van der Waals surface area (Å²) in [4.78, 5) is 2.32. The first kappa shape index (κ1) is 15.2. The summed E-state index contributed by atoms with van der Waals surface area (Å²) >= 11 is 0. The van der Waals surface area contributed by atoms with E-state index >= 15 is 0 Å². The third-order valence-corrected chi connectivity index (χ3v) is 5.80. The molecule has 7 heteroatoms. The monoisotopic (exact) mass is 291 g/mol. The summed E-state index contributed by atoms with van der Waals surface area (Å²) in [5.41, 5.74) is 0. The van der Waals surface area contributed by atoms with Crippen LogP contribution >= 0.6 is 0 Å². The van der Waals surface area contributed by atoms with E-state index in [1.54, 1.807) is 18.4 Å². The third kappa shape index (κ3) is 3.88. The second-order valence-corrected chi connectivity index (χ2v) is 7.62. The molecule has 1 atom stereocenters. The Bertz CT molecular complexity index is 372. The van der Waals surface area contributed by atoms with E-state index in [1.807, 2.05) is 0 Å². The molecule has 0 saturated carbocycles. The summed E-state index contributed by atoms with van der Waals surface area (Å²) in [7, 11) is -0.0859. The summed E-state index contributed by atoms with van der Waals surface area (Å²) in [5.74, 6) is 0. The van der Waals surface area contributed by atoms with Gasteiger partial charge in [0.1, 0.15) is 0 Å². The first-order valence-corrected chi connectivity index (χ1v) is 8.41. The summed E-state index contributed by atoms with van der Waals surface area (Å²) in [6.07, 6.45) is 3.90. The maximum atomic E-state index is 12.0. The van der Waals surface area contributed by atoms with Crippen LogP contribution in [0.1, 0.15) is 19.3 Å². The molecule has 0 aromatic heterocycles. The molecule has 2 aliphatic heterocycles. The molecule has 19 heavy (non-hydrogen) atoms. The van der Waals surface area contributed by atoms with Gasteiger partial charge in [0.05, 0.1) is 6.10 Å². The van der Waals surface area contributed by atoms with Crippen LogP contribution in [0.25, 0.3) is 0 Å². The highest BCUT2D eigenvalue weighted by Gasteiger charge is 2.29. The minimum Gasteiger partial charge on any atom is -0.377 e. The summed E-state index contributed by atoms with van der Waals surface area (Å²) in [5, 5.41) is 0. The Labute approximate surface area is 116 Å². The molecule has 2 saturated heterocycles. The topological polar surface area (TPSA) is 53.1 Å². The number of ether oxygens (including phenoxy) is 1. The predicted octanol–water partition coefficient (Wildman–Crippen LogP) is -0.0205. The highest BCUT2D eigenvalue weighted by atomic mass is 32.2. The smallest absolute Gasteiger partial charge is 0.281 e. The zero-order valence-electron chi connectivity index (χ0n) is 11.9. The number of hydrogen-bond acceptors (Lipinski definition) is 4. The average molecular weight is 291 g/mol. The molecule has 0 bridgehead atoms. The van der Waals surface area contributed by atoms with Crippen LogP contribution in [0.2, 0.25) is 0 Å². The number of rotatable bonds is 4. The predicted molar refractivity (Wildman–Crippen MR) is 74.2 cm³/mol. The van der Waals surface area contributed by atoms with Gasteiger partial charge in [0.25, 0.3) is 10.2 Å². The molecule has 1 unspecified atom stereocenters. The fourth-order valence-corrected chi connectivity index (χ4v) is 3.70. The highest BCUT2D eigenvalue weighted by molar-refractivity contribution is 7.86. The minimum atomic E-state index is -3.25. The molecule has 2 fully saturated rings. The van der Waals surface area contributed by atoms with Crippen LogP contribution in [-0.4, -0.2) is 81.5 Å². The van der Waals surface area contributed by atoms with Gasteiger partial charge in [0, 0.05) is 53.4 Å². The Morgan fingerprint density at radius 2 is 1.84 bits per heavy atom.